The molecule has 1 saturated heterocycles. The first-order valence-corrected chi connectivity index (χ1v) is 6.67. The quantitative estimate of drug-likeness (QED) is 0.730. The van der Waals surface area contributed by atoms with Crippen molar-refractivity contribution >= 4 is 12.2 Å². The second-order valence-corrected chi connectivity index (χ2v) is 6.12. The number of amides is 2. The molecule has 0 saturated carbocycles. The van der Waals surface area contributed by atoms with Gasteiger partial charge in [-0.1, -0.05) is 24.3 Å². The Kier molecular flexibility index (Phi) is 2.74. The van der Waals surface area contributed by atoms with Gasteiger partial charge in [0, 0.05) is 6.42 Å². The van der Waals surface area contributed by atoms with E-state index in [-0.39, 0.29) is 12.1 Å². The van der Waals surface area contributed by atoms with Crippen molar-refractivity contribution in [1.82, 2.24) is 4.90 Å². The molecular weight excluding hydrogens is 258 g/mol. The Morgan fingerprint density at radius 3 is 2.75 bits per heavy atom. The van der Waals surface area contributed by atoms with Crippen molar-refractivity contribution in [3.8, 4) is 0 Å². The molecule has 3 rings (SSSR count). The number of imide groups is 1. The fourth-order valence-electron chi connectivity index (χ4n) is 2.75. The molecule has 0 spiro atoms. The van der Waals surface area contributed by atoms with Gasteiger partial charge in [-0.3, -0.25) is 0 Å². The molecule has 2 aliphatic rings. The van der Waals surface area contributed by atoms with E-state index in [0.717, 1.165) is 16.0 Å². The zero-order chi connectivity index (χ0) is 14.5. The highest BCUT2D eigenvalue weighted by atomic mass is 16.6. The number of nitrogens with zero attached hydrogens (tertiary/aromatic N) is 1. The molecule has 1 aliphatic carbocycles. The Morgan fingerprint density at radius 2 is 2.05 bits per heavy atom. The predicted octanol–water partition coefficient (Wildman–Crippen LogP) is 3.04. The molecule has 2 atom stereocenters. The summed E-state index contributed by atoms with van der Waals surface area (Å²) in [5.41, 5.74) is 1.44. The maximum absolute atomic E-state index is 12.2. The lowest BCUT2D eigenvalue weighted by molar-refractivity contribution is 0.0289. The van der Waals surface area contributed by atoms with Gasteiger partial charge in [0.2, 0.25) is 0 Å². The lowest BCUT2D eigenvalue weighted by atomic mass is 10.1. The molecule has 5 heteroatoms. The topological polar surface area (TPSA) is 55.8 Å². The molecule has 0 radical (unpaired) electrons. The number of hydrogen-bond acceptors (Lipinski definition) is 4. The van der Waals surface area contributed by atoms with Gasteiger partial charge >= 0.3 is 12.2 Å². The van der Waals surface area contributed by atoms with Crippen LogP contribution < -0.4 is 0 Å². The van der Waals surface area contributed by atoms with Gasteiger partial charge in [0.25, 0.3) is 0 Å². The van der Waals surface area contributed by atoms with Crippen LogP contribution >= 0.6 is 0 Å². The van der Waals surface area contributed by atoms with Crippen LogP contribution in [0.15, 0.2) is 24.3 Å². The first kappa shape index (κ1) is 13.0. The fourth-order valence-corrected chi connectivity index (χ4v) is 2.75. The van der Waals surface area contributed by atoms with Gasteiger partial charge < -0.3 is 9.47 Å². The summed E-state index contributed by atoms with van der Waals surface area (Å²) in [5, 5.41) is 0. The second kappa shape index (κ2) is 4.23. The molecule has 0 aromatic heterocycles. The molecular formula is C15H17NO4. The minimum atomic E-state index is -0.647. The first-order valence-electron chi connectivity index (χ1n) is 6.67. The molecule has 106 valence electrons. The molecule has 1 fully saturated rings. The number of fused-ring (bicyclic) bond motifs is 3. The molecule has 2 amide bonds. The summed E-state index contributed by atoms with van der Waals surface area (Å²) in [4.78, 5) is 25.3. The molecule has 1 aliphatic heterocycles. The number of ether oxygens (including phenoxy) is 2. The summed E-state index contributed by atoms with van der Waals surface area (Å²) >= 11 is 0. The molecule has 0 N–H and O–H groups in total. The number of carbonyl (C=O) groups excluding carboxylic acids is 2. The van der Waals surface area contributed by atoms with Crippen LogP contribution in [-0.4, -0.2) is 28.8 Å². The maximum Gasteiger partial charge on any atom is 0.420 e. The first-order chi connectivity index (χ1) is 9.37. The van der Waals surface area contributed by atoms with E-state index in [1.807, 2.05) is 24.3 Å². The van der Waals surface area contributed by atoms with Gasteiger partial charge in [0.15, 0.2) is 0 Å². The van der Waals surface area contributed by atoms with Crippen LogP contribution in [0.5, 0.6) is 0 Å². The Hall–Kier alpha value is -2.04. The molecule has 0 bridgehead atoms. The van der Waals surface area contributed by atoms with E-state index < -0.39 is 17.8 Å². The number of rotatable bonds is 0. The summed E-state index contributed by atoms with van der Waals surface area (Å²) in [6, 6.07) is 7.40. The largest absolute Gasteiger partial charge is 0.443 e. The van der Waals surface area contributed by atoms with Gasteiger partial charge in [-0.15, -0.1) is 0 Å². The number of benzene rings is 1. The van der Waals surface area contributed by atoms with E-state index in [0.29, 0.717) is 6.42 Å². The van der Waals surface area contributed by atoms with Crippen LogP contribution in [0.1, 0.15) is 37.9 Å². The third-order valence-electron chi connectivity index (χ3n) is 3.46. The Bertz CT molecular complexity index is 575. The van der Waals surface area contributed by atoms with Crippen molar-refractivity contribution in [2.24, 2.45) is 0 Å². The number of hydrogen-bond donors (Lipinski definition) is 0. The summed E-state index contributed by atoms with van der Waals surface area (Å²) in [6.07, 6.45) is -0.922. The van der Waals surface area contributed by atoms with Gasteiger partial charge in [-0.05, 0) is 31.9 Å². The molecule has 1 aromatic carbocycles. The van der Waals surface area contributed by atoms with Gasteiger partial charge in [-0.25, -0.2) is 14.5 Å². The summed E-state index contributed by atoms with van der Waals surface area (Å²) < 4.78 is 10.6. The summed E-state index contributed by atoms with van der Waals surface area (Å²) in [7, 11) is 0. The average Bonchev–Trinajstić information content (AvgIpc) is 2.80. The van der Waals surface area contributed by atoms with E-state index in [1.165, 1.54) is 0 Å². The van der Waals surface area contributed by atoms with Crippen molar-refractivity contribution < 1.29 is 19.1 Å². The highest BCUT2D eigenvalue weighted by Gasteiger charge is 2.51. The minimum absolute atomic E-state index is 0.299. The molecule has 20 heavy (non-hydrogen) atoms. The summed E-state index contributed by atoms with van der Waals surface area (Å²) in [6.45, 7) is 5.31. The fraction of sp³-hybridized carbons (Fsp3) is 0.467. The lowest BCUT2D eigenvalue weighted by Gasteiger charge is -2.25. The average molecular weight is 275 g/mol. The van der Waals surface area contributed by atoms with E-state index in [4.69, 9.17) is 9.47 Å². The third kappa shape index (κ3) is 2.03. The monoisotopic (exact) mass is 275 g/mol. The Balaban J connectivity index is 1.92. The van der Waals surface area contributed by atoms with Crippen molar-refractivity contribution in [2.45, 2.75) is 44.9 Å². The van der Waals surface area contributed by atoms with Crippen molar-refractivity contribution in [3.63, 3.8) is 0 Å². The highest BCUT2D eigenvalue weighted by Crippen LogP contribution is 2.42. The van der Waals surface area contributed by atoms with Crippen LogP contribution in [-0.2, 0) is 15.9 Å². The minimum Gasteiger partial charge on any atom is -0.443 e. The second-order valence-electron chi connectivity index (χ2n) is 6.12. The summed E-state index contributed by atoms with van der Waals surface area (Å²) in [5.74, 6) is 0. The lowest BCUT2D eigenvalue weighted by Crippen LogP contribution is -2.39. The molecule has 1 aromatic rings. The van der Waals surface area contributed by atoms with Gasteiger partial charge in [-0.2, -0.15) is 0 Å². The van der Waals surface area contributed by atoms with E-state index in [1.54, 1.807) is 20.8 Å². The van der Waals surface area contributed by atoms with E-state index in [2.05, 4.69) is 0 Å². The predicted molar refractivity (Wildman–Crippen MR) is 71.2 cm³/mol. The standard InChI is InChI=1S/C15H17NO4/c1-15(2,3)20-14(18)16-12-10-7-5-4-6-9(10)8-11(12)19-13(16)17/h4-7,11-12H,8H2,1-3H3. The highest BCUT2D eigenvalue weighted by molar-refractivity contribution is 5.90. The zero-order valence-electron chi connectivity index (χ0n) is 11.8. The van der Waals surface area contributed by atoms with Crippen LogP contribution in [0.25, 0.3) is 0 Å². The van der Waals surface area contributed by atoms with Crippen molar-refractivity contribution in [2.75, 3.05) is 0 Å². The Labute approximate surface area is 117 Å². The van der Waals surface area contributed by atoms with Crippen molar-refractivity contribution in [1.29, 1.82) is 0 Å². The van der Waals surface area contributed by atoms with E-state index in [9.17, 15) is 9.59 Å². The van der Waals surface area contributed by atoms with Gasteiger partial charge in [0.1, 0.15) is 17.7 Å². The normalized spacial score (nSPS) is 24.1. The number of carbonyl (C=O) groups is 2. The van der Waals surface area contributed by atoms with Gasteiger partial charge in [0.05, 0.1) is 0 Å². The smallest absolute Gasteiger partial charge is 0.420 e. The molecule has 5 nitrogen and oxygen atoms in total. The Morgan fingerprint density at radius 1 is 1.35 bits per heavy atom. The third-order valence-corrected chi connectivity index (χ3v) is 3.46. The zero-order valence-corrected chi connectivity index (χ0v) is 11.8. The van der Waals surface area contributed by atoms with E-state index >= 15 is 0 Å². The maximum atomic E-state index is 12.2. The van der Waals surface area contributed by atoms with Crippen LogP contribution in [0.3, 0.4) is 0 Å². The van der Waals surface area contributed by atoms with Crippen LogP contribution in [0.2, 0.25) is 0 Å². The molecule has 1 heterocycles. The SMILES string of the molecule is CC(C)(C)OC(=O)N1C(=O)OC2Cc3ccccc3C21. The molecule has 2 unspecified atom stereocenters. The van der Waals surface area contributed by atoms with Crippen LogP contribution in [0.4, 0.5) is 9.59 Å². The van der Waals surface area contributed by atoms with Crippen LogP contribution in [0, 0.1) is 0 Å². The van der Waals surface area contributed by atoms with Crippen molar-refractivity contribution in [3.05, 3.63) is 35.4 Å².